The van der Waals surface area contributed by atoms with Crippen LogP contribution in [0.2, 0.25) is 0 Å². The van der Waals surface area contributed by atoms with Crippen molar-refractivity contribution in [3.05, 3.63) is 52.0 Å². The lowest BCUT2D eigenvalue weighted by molar-refractivity contribution is -0.118. The predicted molar refractivity (Wildman–Crippen MR) is 121 cm³/mol. The molecule has 2 N–H and O–H groups in total. The van der Waals surface area contributed by atoms with Crippen molar-refractivity contribution < 1.29 is 14.3 Å². The van der Waals surface area contributed by atoms with Crippen LogP contribution >= 0.6 is 15.9 Å². The maximum atomic E-state index is 12.3. The van der Waals surface area contributed by atoms with E-state index in [1.165, 1.54) is 0 Å². The highest BCUT2D eigenvalue weighted by atomic mass is 79.9. The Balaban J connectivity index is 1.66. The zero-order chi connectivity index (χ0) is 22.2. The molecule has 31 heavy (non-hydrogen) atoms. The Kier molecular flexibility index (Phi) is 7.82. The van der Waals surface area contributed by atoms with E-state index in [1.54, 1.807) is 10.7 Å². The van der Waals surface area contributed by atoms with Gasteiger partial charge in [0.2, 0.25) is 5.95 Å². The minimum absolute atomic E-state index is 0.136. The Bertz CT molecular complexity index is 1020. The van der Waals surface area contributed by atoms with E-state index in [0.717, 1.165) is 21.3 Å². The fourth-order valence-electron chi connectivity index (χ4n) is 2.79. The van der Waals surface area contributed by atoms with Gasteiger partial charge in [0.1, 0.15) is 0 Å². The lowest BCUT2D eigenvalue weighted by atomic mass is 10.2. The van der Waals surface area contributed by atoms with Gasteiger partial charge in [-0.2, -0.15) is 0 Å². The zero-order valence-electron chi connectivity index (χ0n) is 17.7. The number of halogens is 1. The molecule has 0 aliphatic rings. The largest absolute Gasteiger partial charge is 0.490 e. The molecule has 1 amide bonds. The van der Waals surface area contributed by atoms with Crippen LogP contribution in [0.25, 0.3) is 0 Å². The fourth-order valence-corrected chi connectivity index (χ4v) is 3.25. The third kappa shape index (κ3) is 6.17. The van der Waals surface area contributed by atoms with Crippen molar-refractivity contribution in [2.75, 3.05) is 23.8 Å². The summed E-state index contributed by atoms with van der Waals surface area (Å²) in [5.74, 6) is 1.37. The number of aryl methyl sites for hydroxylation is 2. The molecule has 0 saturated heterocycles. The molecule has 164 valence electrons. The first kappa shape index (κ1) is 22.5. The second-order valence-corrected chi connectivity index (χ2v) is 7.55. The van der Waals surface area contributed by atoms with Gasteiger partial charge < -0.3 is 20.1 Å². The summed E-state index contributed by atoms with van der Waals surface area (Å²) < 4.78 is 14.0. The van der Waals surface area contributed by atoms with Crippen LogP contribution in [0.5, 0.6) is 11.5 Å². The Hall–Kier alpha value is -3.14. The van der Waals surface area contributed by atoms with Crippen LogP contribution in [0.15, 0.2) is 40.9 Å². The minimum atomic E-state index is -0.250. The number of hydrogen-bond acceptors (Lipinski definition) is 7. The summed E-state index contributed by atoms with van der Waals surface area (Å²) in [4.78, 5) is 12.3. The van der Waals surface area contributed by atoms with Gasteiger partial charge in [-0.15, -0.1) is 0 Å². The SMILES string of the molecule is CCOc1cc(CNc2nnnn2CC)c(Br)cc1OCC(=O)Nc1ccc(C)cc1. The number of amides is 1. The lowest BCUT2D eigenvalue weighted by Gasteiger charge is -2.15. The number of benzene rings is 2. The van der Waals surface area contributed by atoms with Crippen LogP contribution in [0.3, 0.4) is 0 Å². The van der Waals surface area contributed by atoms with Crippen molar-refractivity contribution in [3.8, 4) is 11.5 Å². The molecule has 10 heteroatoms. The van der Waals surface area contributed by atoms with Crippen LogP contribution in [0.1, 0.15) is 25.0 Å². The highest BCUT2D eigenvalue weighted by Crippen LogP contribution is 2.34. The molecule has 3 rings (SSSR count). The molecule has 0 atom stereocenters. The molecule has 2 aromatic carbocycles. The van der Waals surface area contributed by atoms with Gasteiger partial charge in [-0.3, -0.25) is 4.79 Å². The van der Waals surface area contributed by atoms with Gasteiger partial charge in [0.05, 0.1) is 6.61 Å². The monoisotopic (exact) mass is 488 g/mol. The number of aromatic nitrogens is 4. The molecule has 0 bridgehead atoms. The summed E-state index contributed by atoms with van der Waals surface area (Å²) in [6, 6.07) is 11.2. The number of nitrogens with one attached hydrogen (secondary N) is 2. The smallest absolute Gasteiger partial charge is 0.262 e. The van der Waals surface area contributed by atoms with Gasteiger partial charge in [-0.05, 0) is 61.0 Å². The van der Waals surface area contributed by atoms with E-state index < -0.39 is 0 Å². The van der Waals surface area contributed by atoms with E-state index in [1.807, 2.05) is 51.1 Å². The standard InChI is InChI=1S/C21H25BrN6O3/c1-4-28-21(25-26-27-28)23-12-15-10-18(30-5-2)19(11-17(15)22)31-13-20(29)24-16-8-6-14(3)7-9-16/h6-11H,4-5,12-13H2,1-3H3,(H,24,29)(H,23,25,27). The third-order valence-electron chi connectivity index (χ3n) is 4.38. The average molecular weight is 489 g/mol. The first-order valence-corrected chi connectivity index (χ1v) is 10.7. The highest BCUT2D eigenvalue weighted by Gasteiger charge is 2.14. The van der Waals surface area contributed by atoms with E-state index in [0.29, 0.717) is 37.1 Å². The number of tetrazole rings is 1. The van der Waals surface area contributed by atoms with Crippen LogP contribution in [-0.2, 0) is 17.9 Å². The number of hydrogen-bond donors (Lipinski definition) is 2. The van der Waals surface area contributed by atoms with Gasteiger partial charge in [0.15, 0.2) is 18.1 Å². The second kappa shape index (κ2) is 10.8. The molecule has 3 aromatic rings. The zero-order valence-corrected chi connectivity index (χ0v) is 19.3. The van der Waals surface area contributed by atoms with Crippen LogP contribution in [0, 0.1) is 6.92 Å². The molecule has 1 aromatic heterocycles. The Labute approximate surface area is 189 Å². The van der Waals surface area contributed by atoms with Crippen LogP contribution in [-0.4, -0.2) is 39.3 Å². The van der Waals surface area contributed by atoms with E-state index in [2.05, 4.69) is 42.1 Å². The molecular formula is C21H25BrN6O3. The van der Waals surface area contributed by atoms with Gasteiger partial charge >= 0.3 is 0 Å². The summed E-state index contributed by atoms with van der Waals surface area (Å²) in [7, 11) is 0. The molecule has 9 nitrogen and oxygen atoms in total. The second-order valence-electron chi connectivity index (χ2n) is 6.70. The topological polar surface area (TPSA) is 103 Å². The molecule has 0 fully saturated rings. The summed E-state index contributed by atoms with van der Waals surface area (Å²) in [6.45, 7) is 7.33. The van der Waals surface area contributed by atoms with Crippen LogP contribution in [0.4, 0.5) is 11.6 Å². The summed E-state index contributed by atoms with van der Waals surface area (Å²) in [5, 5.41) is 17.6. The van der Waals surface area contributed by atoms with Crippen molar-refractivity contribution in [1.82, 2.24) is 20.2 Å². The molecule has 0 spiro atoms. The van der Waals surface area contributed by atoms with E-state index in [9.17, 15) is 4.79 Å². The summed E-state index contributed by atoms with van der Waals surface area (Å²) >= 11 is 3.57. The molecule has 0 radical (unpaired) electrons. The molecule has 0 aliphatic carbocycles. The van der Waals surface area contributed by atoms with Crippen molar-refractivity contribution in [2.45, 2.75) is 33.9 Å². The Morgan fingerprint density at radius 2 is 1.87 bits per heavy atom. The molecular weight excluding hydrogens is 464 g/mol. The lowest BCUT2D eigenvalue weighted by Crippen LogP contribution is -2.20. The van der Waals surface area contributed by atoms with E-state index in [4.69, 9.17) is 9.47 Å². The van der Waals surface area contributed by atoms with Crippen molar-refractivity contribution in [3.63, 3.8) is 0 Å². The Morgan fingerprint density at radius 1 is 1.13 bits per heavy atom. The number of nitrogens with zero attached hydrogens (tertiary/aromatic N) is 4. The van der Waals surface area contributed by atoms with Gasteiger partial charge in [0.25, 0.3) is 5.91 Å². The normalized spacial score (nSPS) is 10.6. The number of carbonyl (C=O) groups is 1. The van der Waals surface area contributed by atoms with E-state index in [-0.39, 0.29) is 12.5 Å². The van der Waals surface area contributed by atoms with Crippen molar-refractivity contribution in [1.29, 1.82) is 0 Å². The Morgan fingerprint density at radius 3 is 2.58 bits per heavy atom. The van der Waals surface area contributed by atoms with Gasteiger partial charge in [0, 0.05) is 23.2 Å². The summed E-state index contributed by atoms with van der Waals surface area (Å²) in [6.07, 6.45) is 0. The van der Waals surface area contributed by atoms with Crippen LogP contribution < -0.4 is 20.1 Å². The predicted octanol–water partition coefficient (Wildman–Crippen LogP) is 3.79. The molecule has 0 aliphatic heterocycles. The number of ether oxygens (including phenoxy) is 2. The minimum Gasteiger partial charge on any atom is -0.490 e. The first-order valence-electron chi connectivity index (χ1n) is 9.94. The maximum absolute atomic E-state index is 12.3. The quantitative estimate of drug-likeness (QED) is 0.447. The molecule has 0 unspecified atom stereocenters. The summed E-state index contributed by atoms with van der Waals surface area (Å²) in [5.41, 5.74) is 2.79. The fraction of sp³-hybridized carbons (Fsp3) is 0.333. The van der Waals surface area contributed by atoms with Crippen molar-refractivity contribution >= 4 is 33.5 Å². The number of carbonyl (C=O) groups excluding carboxylic acids is 1. The highest BCUT2D eigenvalue weighted by molar-refractivity contribution is 9.10. The maximum Gasteiger partial charge on any atom is 0.262 e. The number of anilines is 2. The van der Waals surface area contributed by atoms with Crippen molar-refractivity contribution in [2.24, 2.45) is 0 Å². The van der Waals surface area contributed by atoms with Gasteiger partial charge in [-0.25, -0.2) is 4.68 Å². The molecule has 0 saturated carbocycles. The third-order valence-corrected chi connectivity index (χ3v) is 5.11. The first-order chi connectivity index (χ1) is 15.0. The van der Waals surface area contributed by atoms with E-state index >= 15 is 0 Å². The molecule has 1 heterocycles. The van der Waals surface area contributed by atoms with Gasteiger partial charge in [-0.1, -0.05) is 38.7 Å². The number of rotatable bonds is 10. The average Bonchev–Trinajstić information content (AvgIpc) is 3.22.